The van der Waals surface area contributed by atoms with Gasteiger partial charge in [0.05, 0.1) is 38.6 Å². The van der Waals surface area contributed by atoms with Gasteiger partial charge in [0.2, 0.25) is 0 Å². The number of ether oxygens (including phenoxy) is 7. The van der Waals surface area contributed by atoms with E-state index in [1.807, 2.05) is 103 Å². The van der Waals surface area contributed by atoms with Crippen LogP contribution in [0.2, 0.25) is 0 Å². The zero-order valence-corrected chi connectivity index (χ0v) is 27.4. The Bertz CT molecular complexity index is 1460. The second-order valence-corrected chi connectivity index (χ2v) is 11.8. The van der Waals surface area contributed by atoms with Crippen LogP contribution in [0.3, 0.4) is 0 Å². The zero-order valence-electron chi connectivity index (χ0n) is 27.4. The van der Waals surface area contributed by atoms with E-state index in [1.165, 1.54) is 13.8 Å². The Labute approximate surface area is 282 Å². The maximum Gasteiger partial charge on any atom is 0.303 e. The van der Waals surface area contributed by atoms with Gasteiger partial charge in [-0.15, -0.1) is 0 Å². The standard InChI is InChI=1S/C39H44O9/c1-28(40)43-26-34(46-29(2)41)22-21-33-19-12-20-35-38(47-33)39(45-25-32-17-10-5-11-18-32)37(44-24-31-15-8-4-9-16-31)36(48-35)27-42-23-30-13-6-3-7-14-30/h3-19,21-22,33-39H,20,23-27H2,1-2H3/b22-21+/t33-,34-,35-,36+,37+,38-,39-/m0/s1. The lowest BCUT2D eigenvalue weighted by Gasteiger charge is -2.46. The van der Waals surface area contributed by atoms with Crippen molar-refractivity contribution in [2.45, 2.75) is 82.8 Å². The highest BCUT2D eigenvalue weighted by atomic mass is 16.6. The average Bonchev–Trinajstić information content (AvgIpc) is 3.30. The molecule has 7 atom stereocenters. The zero-order chi connectivity index (χ0) is 33.6. The summed E-state index contributed by atoms with van der Waals surface area (Å²) in [6, 6.07) is 30.0. The summed E-state index contributed by atoms with van der Waals surface area (Å²) in [5.41, 5.74) is 3.12. The Morgan fingerprint density at radius 3 is 1.94 bits per heavy atom. The van der Waals surface area contributed by atoms with Crippen LogP contribution in [0.5, 0.6) is 0 Å². The van der Waals surface area contributed by atoms with E-state index in [4.69, 9.17) is 33.2 Å². The van der Waals surface area contributed by atoms with E-state index in [1.54, 1.807) is 12.2 Å². The molecule has 3 aromatic carbocycles. The van der Waals surface area contributed by atoms with Crippen LogP contribution in [0.1, 0.15) is 37.0 Å². The smallest absolute Gasteiger partial charge is 0.303 e. The highest BCUT2D eigenvalue weighted by molar-refractivity contribution is 5.67. The molecule has 2 aliphatic heterocycles. The molecule has 9 heteroatoms. The SMILES string of the molecule is CC(=O)OC[C@H](/C=C/[C@@H]1C=CC[C@@H]2O[C@H](COCc3ccccc3)[C@@H](OCc3ccccc3)[C@H](OCc3ccccc3)[C@H]2O1)OC(C)=O. The van der Waals surface area contributed by atoms with Gasteiger partial charge >= 0.3 is 11.9 Å². The van der Waals surface area contributed by atoms with E-state index in [0.717, 1.165) is 16.7 Å². The average molecular weight is 657 g/mol. The van der Waals surface area contributed by atoms with Crippen molar-refractivity contribution in [3.63, 3.8) is 0 Å². The molecule has 3 aromatic rings. The van der Waals surface area contributed by atoms with Gasteiger partial charge in [0, 0.05) is 13.8 Å². The number of hydrogen-bond donors (Lipinski definition) is 0. The van der Waals surface area contributed by atoms with E-state index in [2.05, 4.69) is 0 Å². The van der Waals surface area contributed by atoms with Gasteiger partial charge in [0.15, 0.2) is 6.10 Å². The molecule has 9 nitrogen and oxygen atoms in total. The van der Waals surface area contributed by atoms with E-state index < -0.39 is 48.6 Å². The number of fused-ring (bicyclic) bond motifs is 1. The molecule has 1 saturated heterocycles. The molecule has 5 rings (SSSR count). The van der Waals surface area contributed by atoms with Crippen molar-refractivity contribution in [2.75, 3.05) is 13.2 Å². The van der Waals surface area contributed by atoms with Crippen molar-refractivity contribution in [3.05, 3.63) is 132 Å². The van der Waals surface area contributed by atoms with Gasteiger partial charge in [0.25, 0.3) is 0 Å². The molecular weight excluding hydrogens is 612 g/mol. The highest BCUT2D eigenvalue weighted by Crippen LogP contribution is 2.34. The lowest BCUT2D eigenvalue weighted by molar-refractivity contribution is -0.270. The third-order valence-corrected chi connectivity index (χ3v) is 7.99. The summed E-state index contributed by atoms with van der Waals surface area (Å²) in [7, 11) is 0. The number of carbonyl (C=O) groups excluding carboxylic acids is 2. The van der Waals surface area contributed by atoms with Crippen LogP contribution in [0.15, 0.2) is 115 Å². The van der Waals surface area contributed by atoms with Crippen molar-refractivity contribution in [3.8, 4) is 0 Å². The fourth-order valence-electron chi connectivity index (χ4n) is 5.73. The van der Waals surface area contributed by atoms with Crippen LogP contribution < -0.4 is 0 Å². The molecule has 2 aliphatic rings. The van der Waals surface area contributed by atoms with Crippen molar-refractivity contribution < 1.29 is 42.7 Å². The van der Waals surface area contributed by atoms with Crippen molar-refractivity contribution in [2.24, 2.45) is 0 Å². The summed E-state index contributed by atoms with van der Waals surface area (Å²) in [5, 5.41) is 0. The van der Waals surface area contributed by atoms with E-state index in [9.17, 15) is 9.59 Å². The first-order chi connectivity index (χ1) is 23.4. The highest BCUT2D eigenvalue weighted by Gasteiger charge is 2.49. The number of carbonyl (C=O) groups is 2. The first kappa shape index (κ1) is 35.2. The topological polar surface area (TPSA) is 98.8 Å². The molecule has 0 N–H and O–H groups in total. The molecule has 0 radical (unpaired) electrons. The Morgan fingerprint density at radius 1 is 0.771 bits per heavy atom. The van der Waals surface area contributed by atoms with Gasteiger partial charge < -0.3 is 33.2 Å². The van der Waals surface area contributed by atoms with Gasteiger partial charge in [-0.2, -0.15) is 0 Å². The van der Waals surface area contributed by atoms with E-state index in [-0.39, 0.29) is 12.7 Å². The Balaban J connectivity index is 1.39. The van der Waals surface area contributed by atoms with Crippen LogP contribution in [0.25, 0.3) is 0 Å². The van der Waals surface area contributed by atoms with Gasteiger partial charge in [-0.25, -0.2) is 0 Å². The Kier molecular flexibility index (Phi) is 13.5. The molecule has 2 heterocycles. The number of hydrogen-bond acceptors (Lipinski definition) is 9. The maximum atomic E-state index is 11.7. The van der Waals surface area contributed by atoms with E-state index >= 15 is 0 Å². The lowest BCUT2D eigenvalue weighted by Crippen LogP contribution is -2.61. The summed E-state index contributed by atoms with van der Waals surface area (Å²) in [5.74, 6) is -0.946. The maximum absolute atomic E-state index is 11.7. The molecule has 0 unspecified atom stereocenters. The molecule has 254 valence electrons. The molecule has 0 amide bonds. The second-order valence-electron chi connectivity index (χ2n) is 11.8. The second kappa shape index (κ2) is 18.4. The van der Waals surface area contributed by atoms with Crippen LogP contribution in [-0.2, 0) is 62.6 Å². The molecular formula is C39H44O9. The van der Waals surface area contributed by atoms with Crippen molar-refractivity contribution in [1.82, 2.24) is 0 Å². The molecule has 48 heavy (non-hydrogen) atoms. The lowest BCUT2D eigenvalue weighted by atomic mass is 9.92. The van der Waals surface area contributed by atoms with Crippen molar-refractivity contribution in [1.29, 1.82) is 0 Å². The molecule has 0 saturated carbocycles. The quantitative estimate of drug-likeness (QED) is 0.146. The van der Waals surface area contributed by atoms with Crippen LogP contribution in [-0.4, -0.2) is 67.9 Å². The largest absolute Gasteiger partial charge is 0.462 e. The van der Waals surface area contributed by atoms with Gasteiger partial charge in [-0.1, -0.05) is 109 Å². The monoisotopic (exact) mass is 656 g/mol. The molecule has 0 spiro atoms. The van der Waals surface area contributed by atoms with Crippen LogP contribution in [0, 0.1) is 0 Å². The van der Waals surface area contributed by atoms with Gasteiger partial charge in [0.1, 0.15) is 31.0 Å². The summed E-state index contributed by atoms with van der Waals surface area (Å²) in [4.78, 5) is 23.1. The number of rotatable bonds is 15. The minimum Gasteiger partial charge on any atom is -0.462 e. The fraction of sp³-hybridized carbons (Fsp3) is 0.385. The van der Waals surface area contributed by atoms with Crippen molar-refractivity contribution >= 4 is 11.9 Å². The van der Waals surface area contributed by atoms with Gasteiger partial charge in [-0.3, -0.25) is 9.59 Å². The summed E-state index contributed by atoms with van der Waals surface area (Å²) < 4.78 is 43.5. The normalized spacial score (nSPS) is 24.4. The molecule has 0 aromatic heterocycles. The van der Waals surface area contributed by atoms with Crippen LogP contribution in [0.4, 0.5) is 0 Å². The molecule has 0 bridgehead atoms. The van der Waals surface area contributed by atoms with Crippen LogP contribution >= 0.6 is 0 Å². The summed E-state index contributed by atoms with van der Waals surface area (Å²) >= 11 is 0. The molecule has 0 aliphatic carbocycles. The minimum atomic E-state index is -0.761. The van der Waals surface area contributed by atoms with E-state index in [0.29, 0.717) is 32.8 Å². The number of benzene rings is 3. The predicted octanol–water partition coefficient (Wildman–Crippen LogP) is 5.91. The fourth-order valence-corrected chi connectivity index (χ4v) is 5.73. The molecule has 1 fully saturated rings. The Morgan fingerprint density at radius 2 is 1.35 bits per heavy atom. The Hall–Kier alpha value is -4.12. The summed E-state index contributed by atoms with van der Waals surface area (Å²) in [6.45, 7) is 3.97. The first-order valence-corrected chi connectivity index (χ1v) is 16.3. The number of esters is 2. The van der Waals surface area contributed by atoms with Gasteiger partial charge in [-0.05, 0) is 29.2 Å². The predicted molar refractivity (Wildman–Crippen MR) is 179 cm³/mol. The summed E-state index contributed by atoms with van der Waals surface area (Å²) in [6.07, 6.45) is 4.43. The third-order valence-electron chi connectivity index (χ3n) is 7.99. The first-order valence-electron chi connectivity index (χ1n) is 16.3. The minimum absolute atomic E-state index is 0.0973. The third kappa shape index (κ3) is 11.0.